The molecule has 0 rings (SSSR count). The van der Waals surface area contributed by atoms with E-state index in [1.54, 1.807) is 0 Å². The quantitative estimate of drug-likeness (QED) is 0.214. The molecule has 0 heterocycles. The van der Waals surface area contributed by atoms with Gasteiger partial charge in [-0.05, 0) is 0 Å². The van der Waals surface area contributed by atoms with E-state index in [0.717, 1.165) is 0 Å². The van der Waals surface area contributed by atoms with E-state index in [-0.39, 0.29) is 228 Å². The molecule has 0 N–H and O–H groups in total. The SMILES string of the molecule is [As-3].[As-3].[As-3].[As-3].[Ge+4].[Ge+4].[Ge+4].[Ge+4].[Ge+4].[Se-2].[Se-2].[Se-2].[Se-2]. The van der Waals surface area contributed by atoms with E-state index in [1.807, 2.05) is 0 Å². The van der Waals surface area contributed by atoms with Gasteiger partial charge in [-0.1, -0.05) is 0 Å². The minimum absolute atomic E-state index is 0. The second-order valence-corrected chi connectivity index (χ2v) is 0. The summed E-state index contributed by atoms with van der Waals surface area (Å²) < 4.78 is 0. The number of rotatable bonds is 0. The summed E-state index contributed by atoms with van der Waals surface area (Å²) in [5.74, 6) is 0. The summed E-state index contributed by atoms with van der Waals surface area (Å²) in [6.07, 6.45) is 0. The standard InChI is InChI=1S/4As.5Ge.4Se/q4*-3;5*+4;4*-2. The molecule has 13 heteroatoms. The van der Waals surface area contributed by atoms with Crippen LogP contribution in [0.25, 0.3) is 0 Å². The molecule has 0 aliphatic rings. The van der Waals surface area contributed by atoms with Crippen LogP contribution in [0.1, 0.15) is 0 Å². The van der Waals surface area contributed by atoms with Crippen molar-refractivity contribution < 1.29 is 0 Å². The third-order valence-electron chi connectivity index (χ3n) is 0. The van der Waals surface area contributed by atoms with E-state index in [0.29, 0.717) is 0 Å². The first-order valence-corrected chi connectivity index (χ1v) is 0. The molecule has 0 nitrogen and oxygen atoms in total. The Balaban J connectivity index is 0. The van der Waals surface area contributed by atoms with Gasteiger partial charge in [0.05, 0.1) is 0 Å². The Morgan fingerprint density at radius 3 is 0.231 bits per heavy atom. The van der Waals surface area contributed by atoms with Crippen LogP contribution >= 0.6 is 0 Å². The third-order valence-corrected chi connectivity index (χ3v) is 0. The van der Waals surface area contributed by atoms with Crippen LogP contribution in [0.2, 0.25) is 0 Å². The Morgan fingerprint density at radius 2 is 0.231 bits per heavy atom. The Bertz CT molecular complexity index is 20.5. The molecule has 0 fully saturated rings. The summed E-state index contributed by atoms with van der Waals surface area (Å²) >= 11 is 0. The maximum absolute atomic E-state index is 0. The van der Waals surface area contributed by atoms with E-state index in [1.165, 1.54) is 0 Å². The average Bonchev–Trinajstić information content (AvgIpc) is 0. The fourth-order valence-electron chi connectivity index (χ4n) is 0. The molecule has 0 radical (unpaired) electrons. The first-order chi connectivity index (χ1) is 0. The van der Waals surface area contributed by atoms with Gasteiger partial charge in [-0.3, -0.25) is 0 Å². The zero-order valence-electron chi connectivity index (χ0n) is 5.92. The molecule has 64 valence electrons. The Morgan fingerprint density at radius 1 is 0.231 bits per heavy atom. The van der Waals surface area contributed by atoms with Gasteiger partial charge < -0.3 is 140 Å². The Kier molecular flexibility index (Phi) is 1410. The summed E-state index contributed by atoms with van der Waals surface area (Å²) in [6, 6.07) is 0. The van der Waals surface area contributed by atoms with Crippen molar-refractivity contribution in [3.8, 4) is 0 Å². The van der Waals surface area contributed by atoms with E-state index >= 15 is 0 Å². The second kappa shape index (κ2) is 125. The molecule has 0 aliphatic carbocycles. The molecule has 13 heavy (non-hydrogen) atoms. The molecule has 0 spiro atoms. The van der Waals surface area contributed by atoms with Crippen molar-refractivity contribution in [1.82, 2.24) is 0 Å². The molecular weight excluding hydrogens is 979 g/mol. The largest absolute Gasteiger partial charge is 4.00 e. The average molecular weight is 979 g/mol. The molecule has 0 bridgehead atoms. The maximum Gasteiger partial charge on any atom is 4.00 e. The summed E-state index contributed by atoms with van der Waals surface area (Å²) in [5.41, 5.74) is 0. The molecule has 0 unspecified atom stereocenters. The second-order valence-electron chi connectivity index (χ2n) is 0. The molecule has 0 aromatic heterocycles. The van der Waals surface area contributed by atoms with E-state index in [2.05, 4.69) is 0 Å². The van der Waals surface area contributed by atoms with Gasteiger partial charge in [-0.2, -0.15) is 0 Å². The molecule has 0 aromatic carbocycles. The fraction of sp³-hybridized carbons (Fsp3) is 0. The van der Waals surface area contributed by atoms with Crippen LogP contribution in [0, 0.1) is 0 Å². The van der Waals surface area contributed by atoms with Gasteiger partial charge in [-0.25, -0.2) is 0 Å². The van der Waals surface area contributed by atoms with E-state index < -0.39 is 0 Å². The van der Waals surface area contributed by atoms with Crippen molar-refractivity contribution in [2.45, 2.75) is 0 Å². The molecular formula is As4Ge5Se4. The van der Waals surface area contributed by atoms with Crippen LogP contribution in [0.3, 0.4) is 0 Å². The van der Waals surface area contributed by atoms with Gasteiger partial charge in [0.15, 0.2) is 0 Å². The minimum atomic E-state index is 0. The van der Waals surface area contributed by atoms with Gasteiger partial charge in [-0.15, -0.1) is 0 Å². The van der Waals surface area contributed by atoms with Crippen LogP contribution < -0.4 is 0 Å². The van der Waals surface area contributed by atoms with Crippen LogP contribution in [0.5, 0.6) is 0 Å². The first kappa shape index (κ1) is 147. The van der Waals surface area contributed by atoms with Crippen LogP contribution in [-0.2, 0) is 0 Å². The monoisotopic (exact) mass is 989 g/mol. The Hall–Kier alpha value is 7.03. The molecule has 0 atom stereocenters. The topological polar surface area (TPSA) is 0 Å². The molecule has 0 saturated carbocycles. The van der Waals surface area contributed by atoms with Crippen molar-refractivity contribution in [1.29, 1.82) is 0 Å². The van der Waals surface area contributed by atoms with Crippen LogP contribution in [0.4, 0.5) is 0 Å². The smallest absolute Gasteiger partial charge is 3.00 e. The van der Waals surface area contributed by atoms with Crippen molar-refractivity contribution in [2.75, 3.05) is 0 Å². The zero-order valence-corrected chi connectivity index (χ0v) is 30.8. The van der Waals surface area contributed by atoms with Gasteiger partial charge in [0, 0.05) is 0 Å². The van der Waals surface area contributed by atoms with Gasteiger partial charge in [0.2, 0.25) is 0 Å². The van der Waals surface area contributed by atoms with Crippen molar-refractivity contribution in [3.05, 3.63) is 0 Å². The van der Waals surface area contributed by atoms with Gasteiger partial charge >= 0.3 is 88.0 Å². The van der Waals surface area contributed by atoms with Gasteiger partial charge in [0.1, 0.15) is 0 Å². The van der Waals surface area contributed by atoms with Crippen molar-refractivity contribution in [3.63, 3.8) is 0 Å². The third kappa shape index (κ3) is 112. The van der Waals surface area contributed by atoms with E-state index in [4.69, 9.17) is 0 Å². The predicted molar refractivity (Wildman–Crippen MR) is 74.8 cm³/mol. The minimum Gasteiger partial charge on any atom is -3.00 e. The summed E-state index contributed by atoms with van der Waals surface area (Å²) in [7, 11) is 0. The molecule has 0 aromatic rings. The van der Waals surface area contributed by atoms with Crippen LogP contribution in [-0.4, -0.2) is 228 Å². The van der Waals surface area contributed by atoms with Crippen LogP contribution in [0.15, 0.2) is 0 Å². The number of hydrogen-bond acceptors (Lipinski definition) is 0. The van der Waals surface area contributed by atoms with Crippen molar-refractivity contribution in [2.24, 2.45) is 0 Å². The zero-order chi connectivity index (χ0) is 0. The maximum atomic E-state index is 0. The summed E-state index contributed by atoms with van der Waals surface area (Å²) in [5, 5.41) is 0. The fourth-order valence-corrected chi connectivity index (χ4v) is 0. The molecule has 0 aliphatic heterocycles. The van der Waals surface area contributed by atoms with E-state index in [9.17, 15) is 0 Å². The Labute approximate surface area is 223 Å². The normalized spacial score (nSPS) is 0. The molecule has 0 saturated heterocycles. The summed E-state index contributed by atoms with van der Waals surface area (Å²) in [6.45, 7) is 0. The number of hydrogen-bond donors (Lipinski definition) is 0. The summed E-state index contributed by atoms with van der Waals surface area (Å²) in [4.78, 5) is 0. The van der Waals surface area contributed by atoms with Crippen molar-refractivity contribution >= 4 is 228 Å². The predicted octanol–water partition coefficient (Wildman–Crippen LogP) is -4.95. The first-order valence-electron chi connectivity index (χ1n) is 0. The van der Waals surface area contributed by atoms with Gasteiger partial charge in [0.25, 0.3) is 0 Å². The molecule has 0 amide bonds.